The van der Waals surface area contributed by atoms with Crippen LogP contribution in [-0.2, 0) is 4.79 Å². The summed E-state index contributed by atoms with van der Waals surface area (Å²) in [6, 6.07) is 3.45. The van der Waals surface area contributed by atoms with Crippen LogP contribution in [-0.4, -0.2) is 25.0 Å². The molecule has 2 aliphatic heterocycles. The number of benzene rings is 1. The summed E-state index contributed by atoms with van der Waals surface area (Å²) in [5.74, 6) is 1.23. The fourth-order valence-corrected chi connectivity index (χ4v) is 2.49. The molecule has 0 saturated carbocycles. The number of fused-ring (bicyclic) bond motifs is 1. The first-order valence-electron chi connectivity index (χ1n) is 5.40. The lowest BCUT2D eigenvalue weighted by atomic mass is 10.1. The Balaban J connectivity index is 2.00. The number of methoxy groups -OCH3 is 1. The van der Waals surface area contributed by atoms with E-state index in [0.29, 0.717) is 27.7 Å². The first-order chi connectivity index (χ1) is 9.17. The van der Waals surface area contributed by atoms with Gasteiger partial charge in [0.2, 0.25) is 12.5 Å². The van der Waals surface area contributed by atoms with E-state index < -0.39 is 5.91 Å². The van der Waals surface area contributed by atoms with Crippen molar-refractivity contribution in [3.05, 3.63) is 22.6 Å². The van der Waals surface area contributed by atoms with Crippen LogP contribution in [0.25, 0.3) is 6.08 Å². The molecule has 1 N–H and O–H groups in total. The summed E-state index contributed by atoms with van der Waals surface area (Å²) >= 11 is 0.864. The fourth-order valence-electron chi connectivity index (χ4n) is 1.81. The van der Waals surface area contributed by atoms with Crippen LogP contribution >= 0.6 is 11.8 Å². The SMILES string of the molecule is COc1cc(/C=C2/SC(=O)NC2=O)cc2c1OCO2. The van der Waals surface area contributed by atoms with Crippen molar-refractivity contribution in [2.45, 2.75) is 0 Å². The van der Waals surface area contributed by atoms with Crippen LogP contribution in [0.3, 0.4) is 0 Å². The monoisotopic (exact) mass is 279 g/mol. The molecule has 1 saturated heterocycles. The van der Waals surface area contributed by atoms with Gasteiger partial charge in [0.1, 0.15) is 0 Å². The predicted molar refractivity (Wildman–Crippen MR) is 68.2 cm³/mol. The lowest BCUT2D eigenvalue weighted by molar-refractivity contribution is -0.115. The Labute approximate surface area is 112 Å². The normalized spacial score (nSPS) is 18.9. The van der Waals surface area contributed by atoms with Crippen LogP contribution < -0.4 is 19.5 Å². The summed E-state index contributed by atoms with van der Waals surface area (Å²) in [7, 11) is 1.52. The van der Waals surface area contributed by atoms with Crippen LogP contribution in [0.2, 0.25) is 0 Å². The maximum absolute atomic E-state index is 11.5. The second-order valence-corrected chi connectivity index (χ2v) is 4.82. The number of hydrogen-bond donors (Lipinski definition) is 1. The average molecular weight is 279 g/mol. The number of imide groups is 1. The molecule has 0 atom stereocenters. The second kappa shape index (κ2) is 4.51. The zero-order chi connectivity index (χ0) is 13.4. The van der Waals surface area contributed by atoms with Gasteiger partial charge in [0.15, 0.2) is 11.5 Å². The molecule has 7 heteroatoms. The van der Waals surface area contributed by atoms with E-state index >= 15 is 0 Å². The van der Waals surface area contributed by atoms with Gasteiger partial charge in [0, 0.05) is 0 Å². The number of hydrogen-bond acceptors (Lipinski definition) is 6. The summed E-state index contributed by atoms with van der Waals surface area (Å²) in [5.41, 5.74) is 0.702. The van der Waals surface area contributed by atoms with Crippen LogP contribution in [0, 0.1) is 0 Å². The van der Waals surface area contributed by atoms with Gasteiger partial charge in [-0.2, -0.15) is 0 Å². The molecule has 0 aliphatic carbocycles. The van der Waals surface area contributed by atoms with E-state index in [1.807, 2.05) is 0 Å². The quantitative estimate of drug-likeness (QED) is 0.831. The maximum atomic E-state index is 11.5. The zero-order valence-corrected chi connectivity index (χ0v) is 10.7. The number of carbonyl (C=O) groups is 2. The Morgan fingerprint density at radius 1 is 1.37 bits per heavy atom. The topological polar surface area (TPSA) is 73.9 Å². The summed E-state index contributed by atoms with van der Waals surface area (Å²) in [5, 5.41) is 1.83. The standard InChI is InChI=1S/C12H9NO5S/c1-16-7-2-6(3-8-10(7)18-5-17-8)4-9-11(14)13-12(15)19-9/h2-4H,5H2,1H3,(H,13,14,15)/b9-4+. The minimum atomic E-state index is -0.397. The van der Waals surface area contributed by atoms with E-state index in [0.717, 1.165) is 11.8 Å². The summed E-state index contributed by atoms with van der Waals surface area (Å²) in [4.78, 5) is 22.9. The molecule has 98 valence electrons. The van der Waals surface area contributed by atoms with Crippen LogP contribution in [0.15, 0.2) is 17.0 Å². The van der Waals surface area contributed by atoms with Crippen molar-refractivity contribution in [3.8, 4) is 17.2 Å². The Hall–Kier alpha value is -2.15. The van der Waals surface area contributed by atoms with Crippen molar-refractivity contribution in [1.82, 2.24) is 5.32 Å². The Bertz CT molecular complexity index is 610. The lowest BCUT2D eigenvalue weighted by Gasteiger charge is -2.06. The first kappa shape index (κ1) is 11.9. The van der Waals surface area contributed by atoms with Crippen LogP contribution in [0.1, 0.15) is 5.56 Å². The number of carbonyl (C=O) groups excluding carboxylic acids is 2. The third kappa shape index (κ3) is 2.12. The fraction of sp³-hybridized carbons (Fsp3) is 0.167. The van der Waals surface area contributed by atoms with Gasteiger partial charge < -0.3 is 14.2 Å². The molecule has 2 amide bonds. The van der Waals surface area contributed by atoms with Gasteiger partial charge in [-0.25, -0.2) is 0 Å². The highest BCUT2D eigenvalue weighted by Crippen LogP contribution is 2.42. The molecule has 0 aromatic heterocycles. The zero-order valence-electron chi connectivity index (χ0n) is 9.89. The van der Waals surface area contributed by atoms with E-state index in [-0.39, 0.29) is 12.0 Å². The van der Waals surface area contributed by atoms with Gasteiger partial charge in [-0.1, -0.05) is 0 Å². The third-order valence-electron chi connectivity index (χ3n) is 2.62. The van der Waals surface area contributed by atoms with Crippen molar-refractivity contribution >= 4 is 29.0 Å². The maximum Gasteiger partial charge on any atom is 0.290 e. The number of nitrogens with one attached hydrogen (secondary N) is 1. The Morgan fingerprint density at radius 3 is 2.89 bits per heavy atom. The minimum Gasteiger partial charge on any atom is -0.493 e. The first-order valence-corrected chi connectivity index (χ1v) is 6.21. The molecule has 2 aliphatic rings. The van der Waals surface area contributed by atoms with Crippen molar-refractivity contribution in [2.75, 3.05) is 13.9 Å². The van der Waals surface area contributed by atoms with Crippen molar-refractivity contribution in [3.63, 3.8) is 0 Å². The van der Waals surface area contributed by atoms with Gasteiger partial charge >= 0.3 is 0 Å². The highest BCUT2D eigenvalue weighted by atomic mass is 32.2. The summed E-state index contributed by atoms with van der Waals surface area (Å²) < 4.78 is 15.8. The molecule has 1 fully saturated rings. The lowest BCUT2D eigenvalue weighted by Crippen LogP contribution is -2.17. The molecule has 1 aromatic carbocycles. The van der Waals surface area contributed by atoms with Crippen molar-refractivity contribution in [1.29, 1.82) is 0 Å². The highest BCUT2D eigenvalue weighted by molar-refractivity contribution is 8.18. The number of amides is 2. The van der Waals surface area contributed by atoms with E-state index in [2.05, 4.69) is 5.32 Å². The molecular weight excluding hydrogens is 270 g/mol. The summed E-state index contributed by atoms with van der Waals surface area (Å²) in [6.07, 6.45) is 1.61. The number of ether oxygens (including phenoxy) is 3. The molecule has 0 spiro atoms. The molecule has 0 bridgehead atoms. The molecule has 6 nitrogen and oxygen atoms in total. The van der Waals surface area contributed by atoms with Gasteiger partial charge in [0.25, 0.3) is 11.1 Å². The Kier molecular flexibility index (Phi) is 2.83. The van der Waals surface area contributed by atoms with Crippen molar-refractivity contribution in [2.24, 2.45) is 0 Å². The molecule has 19 heavy (non-hydrogen) atoms. The largest absolute Gasteiger partial charge is 0.493 e. The van der Waals surface area contributed by atoms with E-state index in [1.54, 1.807) is 18.2 Å². The summed E-state index contributed by atoms with van der Waals surface area (Å²) in [6.45, 7) is 0.138. The highest BCUT2D eigenvalue weighted by Gasteiger charge is 2.26. The molecular formula is C12H9NO5S. The predicted octanol–water partition coefficient (Wildman–Crippen LogP) is 1.75. The molecule has 2 heterocycles. The molecule has 0 unspecified atom stereocenters. The molecule has 3 rings (SSSR count). The minimum absolute atomic E-state index is 0.138. The Morgan fingerprint density at radius 2 is 2.21 bits per heavy atom. The number of thioether (sulfide) groups is 1. The second-order valence-electron chi connectivity index (χ2n) is 3.81. The average Bonchev–Trinajstić information content (AvgIpc) is 2.95. The van der Waals surface area contributed by atoms with Gasteiger partial charge in [-0.15, -0.1) is 0 Å². The van der Waals surface area contributed by atoms with E-state index in [4.69, 9.17) is 14.2 Å². The smallest absolute Gasteiger partial charge is 0.290 e. The van der Waals surface area contributed by atoms with Crippen LogP contribution in [0.5, 0.6) is 17.2 Å². The molecule has 0 radical (unpaired) electrons. The van der Waals surface area contributed by atoms with E-state index in [1.165, 1.54) is 7.11 Å². The van der Waals surface area contributed by atoms with E-state index in [9.17, 15) is 9.59 Å². The van der Waals surface area contributed by atoms with Gasteiger partial charge in [-0.3, -0.25) is 14.9 Å². The van der Waals surface area contributed by atoms with Gasteiger partial charge in [0.05, 0.1) is 12.0 Å². The molecule has 1 aromatic rings. The van der Waals surface area contributed by atoms with Crippen LogP contribution in [0.4, 0.5) is 4.79 Å². The van der Waals surface area contributed by atoms with Crippen molar-refractivity contribution < 1.29 is 23.8 Å². The van der Waals surface area contributed by atoms with Gasteiger partial charge in [-0.05, 0) is 35.5 Å². The number of rotatable bonds is 2. The third-order valence-corrected chi connectivity index (χ3v) is 3.43.